The van der Waals surface area contributed by atoms with Gasteiger partial charge in [0.1, 0.15) is 11.6 Å². The summed E-state index contributed by atoms with van der Waals surface area (Å²) in [4.78, 5) is 25.0. The van der Waals surface area contributed by atoms with Gasteiger partial charge in [0.05, 0.1) is 0 Å². The molecular weight excluding hydrogens is 323 g/mol. The van der Waals surface area contributed by atoms with Crippen LogP contribution in [0.2, 0.25) is 0 Å². The molecular formula is C19H21FN2O3. The molecule has 0 saturated heterocycles. The number of halogens is 1. The molecule has 0 radical (unpaired) electrons. The number of amides is 2. The number of aryl methyl sites for hydroxylation is 1. The van der Waals surface area contributed by atoms with Crippen molar-refractivity contribution < 1.29 is 18.7 Å². The number of rotatable bonds is 7. The van der Waals surface area contributed by atoms with E-state index >= 15 is 0 Å². The minimum absolute atomic E-state index is 0.108. The van der Waals surface area contributed by atoms with E-state index in [1.54, 1.807) is 18.2 Å². The number of ether oxygens (including phenoxy) is 1. The zero-order valence-electron chi connectivity index (χ0n) is 14.3. The first kappa shape index (κ1) is 18.4. The van der Waals surface area contributed by atoms with Crippen molar-refractivity contribution in [3.8, 4) is 5.75 Å². The van der Waals surface area contributed by atoms with Crippen LogP contribution in [0.5, 0.6) is 5.75 Å². The van der Waals surface area contributed by atoms with E-state index in [0.717, 1.165) is 5.56 Å². The Morgan fingerprint density at radius 3 is 2.52 bits per heavy atom. The number of hydrogen-bond acceptors (Lipinski definition) is 3. The van der Waals surface area contributed by atoms with E-state index in [4.69, 9.17) is 4.74 Å². The van der Waals surface area contributed by atoms with Crippen LogP contribution >= 0.6 is 0 Å². The molecule has 0 aliphatic carbocycles. The molecule has 25 heavy (non-hydrogen) atoms. The fourth-order valence-corrected chi connectivity index (χ4v) is 2.25. The molecule has 0 aliphatic heterocycles. The van der Waals surface area contributed by atoms with Crippen LogP contribution in [-0.4, -0.2) is 31.5 Å². The van der Waals surface area contributed by atoms with Crippen molar-refractivity contribution in [1.82, 2.24) is 5.32 Å². The fourth-order valence-electron chi connectivity index (χ4n) is 2.25. The summed E-state index contributed by atoms with van der Waals surface area (Å²) in [6, 6.07) is 13.2. The number of nitrogens with zero attached hydrogens (tertiary/aromatic N) is 1. The maximum absolute atomic E-state index is 13.3. The van der Waals surface area contributed by atoms with Crippen molar-refractivity contribution in [2.75, 3.05) is 24.6 Å². The van der Waals surface area contributed by atoms with Gasteiger partial charge in [0, 0.05) is 25.7 Å². The topological polar surface area (TPSA) is 58.6 Å². The molecule has 0 bridgehead atoms. The summed E-state index contributed by atoms with van der Waals surface area (Å²) in [5.41, 5.74) is 1.57. The monoisotopic (exact) mass is 344 g/mol. The van der Waals surface area contributed by atoms with Crippen molar-refractivity contribution >= 4 is 17.5 Å². The second-order valence-electron chi connectivity index (χ2n) is 5.60. The van der Waals surface area contributed by atoms with Crippen molar-refractivity contribution in [3.63, 3.8) is 0 Å². The van der Waals surface area contributed by atoms with Crippen LogP contribution in [-0.2, 0) is 9.59 Å². The van der Waals surface area contributed by atoms with E-state index < -0.39 is 5.82 Å². The van der Waals surface area contributed by atoms with Crippen LogP contribution in [0.4, 0.5) is 10.1 Å². The van der Waals surface area contributed by atoms with Gasteiger partial charge in [0.15, 0.2) is 6.61 Å². The highest BCUT2D eigenvalue weighted by Crippen LogP contribution is 2.15. The molecule has 2 rings (SSSR count). The number of nitrogens with one attached hydrogen (secondary N) is 1. The van der Waals surface area contributed by atoms with Crippen LogP contribution < -0.4 is 15.0 Å². The molecule has 1 N–H and O–H groups in total. The number of anilines is 1. The van der Waals surface area contributed by atoms with E-state index in [-0.39, 0.29) is 31.5 Å². The second-order valence-corrected chi connectivity index (χ2v) is 5.60. The summed E-state index contributed by atoms with van der Waals surface area (Å²) < 4.78 is 18.7. The largest absolute Gasteiger partial charge is 0.484 e. The highest BCUT2D eigenvalue weighted by molar-refractivity contribution is 5.91. The number of benzene rings is 2. The lowest BCUT2D eigenvalue weighted by Crippen LogP contribution is -2.39. The maximum atomic E-state index is 13.3. The molecule has 2 amide bonds. The third-order valence-corrected chi connectivity index (χ3v) is 3.55. The molecule has 2 aromatic carbocycles. The number of hydrogen-bond donors (Lipinski definition) is 1. The van der Waals surface area contributed by atoms with Crippen molar-refractivity contribution in [2.24, 2.45) is 0 Å². The average Bonchev–Trinajstić information content (AvgIpc) is 2.58. The standard InChI is InChI=1S/C19H21FN2O3/c1-14-6-8-18(9-7-14)25-13-19(24)21-10-11-22(15(2)23)17-5-3-4-16(20)12-17/h3-9,12H,10-11,13H2,1-2H3,(H,21,24). The first-order valence-corrected chi connectivity index (χ1v) is 7.95. The molecule has 0 heterocycles. The highest BCUT2D eigenvalue weighted by atomic mass is 19.1. The quantitative estimate of drug-likeness (QED) is 0.840. The van der Waals surface area contributed by atoms with Crippen molar-refractivity contribution in [1.29, 1.82) is 0 Å². The van der Waals surface area contributed by atoms with E-state index in [0.29, 0.717) is 11.4 Å². The Morgan fingerprint density at radius 1 is 1.16 bits per heavy atom. The van der Waals surface area contributed by atoms with Crippen molar-refractivity contribution in [2.45, 2.75) is 13.8 Å². The van der Waals surface area contributed by atoms with E-state index in [2.05, 4.69) is 5.32 Å². The van der Waals surface area contributed by atoms with Crippen LogP contribution in [0.25, 0.3) is 0 Å². The molecule has 6 heteroatoms. The molecule has 0 aliphatic rings. The molecule has 0 saturated carbocycles. The SMILES string of the molecule is CC(=O)N(CCNC(=O)COc1ccc(C)cc1)c1cccc(F)c1. The van der Waals surface area contributed by atoms with Crippen LogP contribution in [0.15, 0.2) is 48.5 Å². The van der Waals surface area contributed by atoms with Crippen LogP contribution in [0.3, 0.4) is 0 Å². The Bertz CT molecular complexity index is 732. The van der Waals surface area contributed by atoms with Gasteiger partial charge in [-0.25, -0.2) is 4.39 Å². The van der Waals surface area contributed by atoms with E-state index in [9.17, 15) is 14.0 Å². The Balaban J connectivity index is 1.80. The predicted molar refractivity (Wildman–Crippen MR) is 94.1 cm³/mol. The summed E-state index contributed by atoms with van der Waals surface area (Å²) >= 11 is 0. The first-order valence-electron chi connectivity index (χ1n) is 7.95. The number of carbonyl (C=O) groups is 2. The minimum Gasteiger partial charge on any atom is -0.484 e. The molecule has 0 unspecified atom stereocenters. The first-order chi connectivity index (χ1) is 12.0. The number of carbonyl (C=O) groups excluding carboxylic acids is 2. The van der Waals surface area contributed by atoms with Gasteiger partial charge in [-0.2, -0.15) is 0 Å². The van der Waals surface area contributed by atoms with Gasteiger partial charge in [0.25, 0.3) is 5.91 Å². The lowest BCUT2D eigenvalue weighted by atomic mass is 10.2. The Morgan fingerprint density at radius 2 is 1.88 bits per heavy atom. The van der Waals surface area contributed by atoms with Crippen LogP contribution in [0.1, 0.15) is 12.5 Å². The molecule has 132 valence electrons. The summed E-state index contributed by atoms with van der Waals surface area (Å²) in [6.45, 7) is 3.74. The maximum Gasteiger partial charge on any atom is 0.258 e. The smallest absolute Gasteiger partial charge is 0.258 e. The minimum atomic E-state index is -0.417. The molecule has 0 atom stereocenters. The summed E-state index contributed by atoms with van der Waals surface area (Å²) in [5, 5.41) is 2.68. The van der Waals surface area contributed by atoms with Gasteiger partial charge >= 0.3 is 0 Å². The predicted octanol–water partition coefficient (Wildman–Crippen LogP) is 2.68. The summed E-state index contributed by atoms with van der Waals surface area (Å²) in [5.74, 6) is -0.316. The molecule has 5 nitrogen and oxygen atoms in total. The molecule has 0 spiro atoms. The van der Waals surface area contributed by atoms with Gasteiger partial charge < -0.3 is 15.0 Å². The Hall–Kier alpha value is -2.89. The lowest BCUT2D eigenvalue weighted by molar-refractivity contribution is -0.123. The lowest BCUT2D eigenvalue weighted by Gasteiger charge is -2.21. The van der Waals surface area contributed by atoms with Gasteiger partial charge in [-0.3, -0.25) is 9.59 Å². The normalized spacial score (nSPS) is 10.2. The van der Waals surface area contributed by atoms with Gasteiger partial charge in [-0.05, 0) is 37.3 Å². The van der Waals surface area contributed by atoms with Gasteiger partial charge in [0.2, 0.25) is 5.91 Å². The zero-order chi connectivity index (χ0) is 18.2. The third-order valence-electron chi connectivity index (χ3n) is 3.55. The van der Waals surface area contributed by atoms with Crippen LogP contribution in [0, 0.1) is 12.7 Å². The van der Waals surface area contributed by atoms with E-state index in [1.807, 2.05) is 19.1 Å². The molecule has 0 fully saturated rings. The average molecular weight is 344 g/mol. The highest BCUT2D eigenvalue weighted by Gasteiger charge is 2.12. The van der Waals surface area contributed by atoms with E-state index in [1.165, 1.54) is 30.0 Å². The fraction of sp³-hybridized carbons (Fsp3) is 0.263. The Labute approximate surface area is 146 Å². The van der Waals surface area contributed by atoms with Gasteiger partial charge in [-0.15, -0.1) is 0 Å². The molecule has 2 aromatic rings. The zero-order valence-corrected chi connectivity index (χ0v) is 14.3. The molecule has 0 aromatic heterocycles. The third kappa shape index (κ3) is 5.91. The van der Waals surface area contributed by atoms with Gasteiger partial charge in [-0.1, -0.05) is 23.8 Å². The summed E-state index contributed by atoms with van der Waals surface area (Å²) in [6.07, 6.45) is 0. The summed E-state index contributed by atoms with van der Waals surface area (Å²) in [7, 11) is 0. The Kier molecular flexibility index (Phi) is 6.51. The van der Waals surface area contributed by atoms with Crippen molar-refractivity contribution in [3.05, 3.63) is 59.9 Å². The second kappa shape index (κ2) is 8.82.